The summed E-state index contributed by atoms with van der Waals surface area (Å²) in [7, 11) is 0. The minimum atomic E-state index is -0.255. The second kappa shape index (κ2) is 27.1. The largest absolute Gasteiger partial charge is 0.379 e. The molecule has 3 aliphatic heterocycles. The molecule has 0 unspecified atom stereocenters. The van der Waals surface area contributed by atoms with Crippen LogP contribution >= 0.6 is 0 Å². The van der Waals surface area contributed by atoms with Gasteiger partial charge < -0.3 is 45.2 Å². The van der Waals surface area contributed by atoms with Crippen LogP contribution in [0.2, 0.25) is 0 Å². The summed E-state index contributed by atoms with van der Waals surface area (Å²) >= 11 is 0. The highest BCUT2D eigenvalue weighted by Crippen LogP contribution is 2.29. The third-order valence-corrected chi connectivity index (χ3v) is 11.0. The average Bonchev–Trinajstić information content (AvgIpc) is 3.29. The fraction of sp³-hybridized carbons (Fsp3) is 0.556. The van der Waals surface area contributed by atoms with Gasteiger partial charge in [0.25, 0.3) is 0 Å². The van der Waals surface area contributed by atoms with Gasteiger partial charge in [0, 0.05) is 102 Å². The van der Waals surface area contributed by atoms with Gasteiger partial charge in [-0.15, -0.1) is 0 Å². The van der Waals surface area contributed by atoms with E-state index in [1.165, 1.54) is 6.42 Å². The zero-order chi connectivity index (χ0) is 43.8. The summed E-state index contributed by atoms with van der Waals surface area (Å²) in [5.74, 6) is 5.35. The molecule has 5 rings (SSSR count). The number of anilines is 1. The molecule has 4 amide bonds. The van der Waals surface area contributed by atoms with Gasteiger partial charge in [0.05, 0.1) is 70.8 Å². The van der Waals surface area contributed by atoms with E-state index in [9.17, 15) is 19.2 Å². The van der Waals surface area contributed by atoms with Gasteiger partial charge in [-0.1, -0.05) is 48.5 Å². The number of nitrogens with zero attached hydrogens (tertiary/aromatic N) is 5. The number of nitrogens with one attached hydrogen (secondary N) is 3. The summed E-state index contributed by atoms with van der Waals surface area (Å²) < 4.78 is 22.2. The number of rotatable bonds is 24. The first-order chi connectivity index (χ1) is 30.3. The maximum Gasteiger partial charge on any atom is 0.246 e. The lowest BCUT2D eigenvalue weighted by molar-refractivity contribution is -0.127. The van der Waals surface area contributed by atoms with Crippen LogP contribution in [0.3, 0.4) is 0 Å². The van der Waals surface area contributed by atoms with Gasteiger partial charge in [-0.2, -0.15) is 5.10 Å². The summed E-state index contributed by atoms with van der Waals surface area (Å²) in [6.45, 7) is 11.3. The lowest BCUT2D eigenvalue weighted by Gasteiger charge is -2.34. The molecule has 17 heteroatoms. The molecule has 0 bridgehead atoms. The lowest BCUT2D eigenvalue weighted by atomic mass is 9.92. The number of piperazine rings is 1. The van der Waals surface area contributed by atoms with Crippen LogP contribution in [-0.2, 0) is 44.7 Å². The number of para-hydroxylation sites is 1. The fourth-order valence-electron chi connectivity index (χ4n) is 7.48. The number of carbonyl (C=O) groups excluding carboxylic acids is 4. The minimum Gasteiger partial charge on any atom is -0.379 e. The first-order valence-electron chi connectivity index (χ1n) is 21.9. The molecular weight excluding hydrogens is 795 g/mol. The van der Waals surface area contributed by atoms with Crippen molar-refractivity contribution in [2.45, 2.75) is 45.1 Å². The van der Waals surface area contributed by atoms with E-state index >= 15 is 0 Å². The molecule has 2 saturated heterocycles. The van der Waals surface area contributed by atoms with Crippen molar-refractivity contribution in [2.75, 3.05) is 123 Å². The van der Waals surface area contributed by atoms with Crippen LogP contribution in [0.15, 0.2) is 65.8 Å². The number of likely N-dealkylation sites (tertiary alicyclic amines) is 1. The summed E-state index contributed by atoms with van der Waals surface area (Å²) in [6, 6.07) is 14.6. The molecule has 338 valence electrons. The third-order valence-electron chi connectivity index (χ3n) is 11.0. The Morgan fingerprint density at radius 2 is 1.27 bits per heavy atom. The lowest BCUT2D eigenvalue weighted by Crippen LogP contribution is -2.48. The zero-order valence-corrected chi connectivity index (χ0v) is 36.0. The summed E-state index contributed by atoms with van der Waals surface area (Å²) in [5.41, 5.74) is 3.08. The average molecular weight is 860 g/mol. The number of benzene rings is 2. The predicted octanol–water partition coefficient (Wildman–Crippen LogP) is 1.92. The van der Waals surface area contributed by atoms with E-state index in [2.05, 4.69) is 25.5 Å². The molecule has 5 N–H and O–H groups in total. The molecule has 0 spiro atoms. The minimum absolute atomic E-state index is 0.000487. The molecule has 0 atom stereocenters. The van der Waals surface area contributed by atoms with Crippen LogP contribution in [0.25, 0.3) is 0 Å². The van der Waals surface area contributed by atoms with Crippen LogP contribution in [-0.4, -0.2) is 168 Å². The Bertz CT molecular complexity index is 1810. The van der Waals surface area contributed by atoms with Crippen LogP contribution < -0.4 is 21.4 Å². The Kier molecular flexibility index (Phi) is 21.0. The van der Waals surface area contributed by atoms with E-state index in [1.807, 2.05) is 47.4 Å². The number of amides is 4. The monoisotopic (exact) mass is 859 g/mol. The Morgan fingerprint density at radius 3 is 1.98 bits per heavy atom. The maximum absolute atomic E-state index is 13.5. The predicted molar refractivity (Wildman–Crippen MR) is 237 cm³/mol. The van der Waals surface area contributed by atoms with Crippen molar-refractivity contribution in [3.05, 3.63) is 77.4 Å². The molecule has 0 aliphatic carbocycles. The summed E-state index contributed by atoms with van der Waals surface area (Å²) in [5, 5.41) is 18.4. The van der Waals surface area contributed by atoms with Crippen molar-refractivity contribution in [1.29, 1.82) is 5.41 Å². The SMILES string of the molecule is N=C1C(=NN)c2ccccc2N(C(=O)CCC(=O)NCCOCCOCCOCCOCCC(=O)NCCN2CCN(C/C=C/C(=O)N3CCCCC3)CC2)Cc2ccccc21. The van der Waals surface area contributed by atoms with Gasteiger partial charge in [0.2, 0.25) is 23.6 Å². The molecular formula is C45H65N9O8. The topological polar surface area (TPSA) is 204 Å². The van der Waals surface area contributed by atoms with E-state index in [-0.39, 0.29) is 54.4 Å². The summed E-state index contributed by atoms with van der Waals surface area (Å²) in [6.07, 6.45) is 7.46. The molecule has 2 fully saturated rings. The number of ether oxygens (including phenoxy) is 4. The molecule has 3 aliphatic rings. The molecule has 3 heterocycles. The van der Waals surface area contributed by atoms with E-state index in [1.54, 1.807) is 23.1 Å². The van der Waals surface area contributed by atoms with E-state index in [4.69, 9.17) is 30.2 Å². The van der Waals surface area contributed by atoms with Gasteiger partial charge in [-0.05, 0) is 30.9 Å². The van der Waals surface area contributed by atoms with Crippen LogP contribution in [0.4, 0.5) is 5.69 Å². The second-order valence-corrected chi connectivity index (χ2v) is 15.3. The van der Waals surface area contributed by atoms with E-state index in [0.29, 0.717) is 89.2 Å². The van der Waals surface area contributed by atoms with Gasteiger partial charge in [-0.25, -0.2) is 0 Å². The molecule has 0 aromatic heterocycles. The zero-order valence-electron chi connectivity index (χ0n) is 36.0. The van der Waals surface area contributed by atoms with Crippen molar-refractivity contribution in [2.24, 2.45) is 10.9 Å². The van der Waals surface area contributed by atoms with Crippen LogP contribution in [0, 0.1) is 5.41 Å². The normalized spacial score (nSPS) is 16.8. The highest BCUT2D eigenvalue weighted by atomic mass is 16.6. The number of hydrazone groups is 1. The van der Waals surface area contributed by atoms with Gasteiger partial charge >= 0.3 is 0 Å². The van der Waals surface area contributed by atoms with Crippen molar-refractivity contribution in [3.8, 4) is 0 Å². The highest BCUT2D eigenvalue weighted by Gasteiger charge is 2.28. The van der Waals surface area contributed by atoms with Crippen LogP contribution in [0.5, 0.6) is 0 Å². The first-order valence-corrected chi connectivity index (χ1v) is 21.9. The number of carbonyl (C=O) groups is 4. The highest BCUT2D eigenvalue weighted by molar-refractivity contribution is 6.53. The Balaban J connectivity index is 0.798. The van der Waals surface area contributed by atoms with Gasteiger partial charge in [0.15, 0.2) is 0 Å². The van der Waals surface area contributed by atoms with E-state index in [0.717, 1.165) is 70.8 Å². The molecule has 17 nitrogen and oxygen atoms in total. The van der Waals surface area contributed by atoms with Crippen molar-refractivity contribution >= 4 is 40.7 Å². The van der Waals surface area contributed by atoms with Crippen molar-refractivity contribution in [1.82, 2.24) is 25.3 Å². The number of hydrogen-bond donors (Lipinski definition) is 4. The third kappa shape index (κ3) is 16.0. The number of piperidine rings is 1. The maximum atomic E-state index is 13.5. The molecule has 2 aromatic rings. The fourth-order valence-corrected chi connectivity index (χ4v) is 7.48. The Hall–Kier alpha value is -5.04. The Labute approximate surface area is 365 Å². The van der Waals surface area contributed by atoms with Crippen LogP contribution in [0.1, 0.15) is 55.2 Å². The van der Waals surface area contributed by atoms with Crippen molar-refractivity contribution in [3.63, 3.8) is 0 Å². The van der Waals surface area contributed by atoms with E-state index < -0.39 is 0 Å². The molecule has 2 aromatic carbocycles. The Morgan fingerprint density at radius 1 is 0.677 bits per heavy atom. The number of hydrogen-bond acceptors (Lipinski definition) is 13. The number of nitrogens with two attached hydrogens (primary N) is 1. The molecule has 62 heavy (non-hydrogen) atoms. The van der Waals surface area contributed by atoms with Gasteiger partial charge in [0.1, 0.15) is 5.71 Å². The standard InChI is InChI=1S/C45H65N9O8/c46-44-37-10-3-2-9-36(37)35-54(39-12-5-4-11-38(39)45(44)50-47)43(58)15-14-40(55)49-18-28-60-30-32-62-34-33-61-31-29-59-27-16-41(56)48-17-22-52-25-23-51(24-26-52)19-8-13-42(57)53-20-6-1-7-21-53/h2-5,8-13,46H,1,6-7,14-35,47H2,(H,48,56)(H,49,55)/b13-8+,46-44?,50-45?. The second-order valence-electron chi connectivity index (χ2n) is 15.3. The van der Waals surface area contributed by atoms with Crippen molar-refractivity contribution < 1.29 is 38.1 Å². The summed E-state index contributed by atoms with van der Waals surface area (Å²) in [4.78, 5) is 58.9. The molecule has 0 radical (unpaired) electrons. The first kappa shape index (κ1) is 48.0. The van der Waals surface area contributed by atoms with Gasteiger partial charge in [-0.3, -0.25) is 34.4 Å². The molecule has 0 saturated carbocycles. The smallest absolute Gasteiger partial charge is 0.246 e. The quantitative estimate of drug-likeness (QED) is 0.0520. The number of fused-ring (bicyclic) bond motifs is 2.